The number of benzene rings is 3. The summed E-state index contributed by atoms with van der Waals surface area (Å²) < 4.78 is 12.8. The normalized spacial score (nSPS) is 11.2. The summed E-state index contributed by atoms with van der Waals surface area (Å²) in [5.41, 5.74) is 2.15. The number of hydrogen-bond donors (Lipinski definition) is 1. The predicted molar refractivity (Wildman–Crippen MR) is 118 cm³/mol. The van der Waals surface area contributed by atoms with Gasteiger partial charge in [0.05, 0.1) is 15.8 Å². The first-order chi connectivity index (χ1) is 14.6. The molecule has 0 spiro atoms. The Bertz CT molecular complexity index is 1400. The molecule has 0 unspecified atom stereocenters. The molecule has 0 fully saturated rings. The lowest BCUT2D eigenvalue weighted by Gasteiger charge is -2.10. The van der Waals surface area contributed by atoms with Gasteiger partial charge in [-0.05, 0) is 24.6 Å². The van der Waals surface area contributed by atoms with Crippen molar-refractivity contribution >= 4 is 32.5 Å². The average Bonchev–Trinajstić information content (AvgIpc) is 3.15. The Morgan fingerprint density at radius 3 is 2.63 bits per heavy atom. The van der Waals surface area contributed by atoms with Crippen LogP contribution in [-0.2, 0) is 6.61 Å². The van der Waals surface area contributed by atoms with Gasteiger partial charge in [-0.3, -0.25) is 4.79 Å². The van der Waals surface area contributed by atoms with Gasteiger partial charge < -0.3 is 14.3 Å². The third kappa shape index (κ3) is 3.21. The first kappa shape index (κ1) is 18.4. The van der Waals surface area contributed by atoms with E-state index >= 15 is 0 Å². The number of aromatic hydroxyl groups is 1. The van der Waals surface area contributed by atoms with E-state index in [0.717, 1.165) is 20.8 Å². The van der Waals surface area contributed by atoms with Crippen LogP contribution in [0, 0.1) is 6.92 Å². The molecule has 0 radical (unpaired) electrons. The van der Waals surface area contributed by atoms with Crippen LogP contribution in [0.15, 0.2) is 75.9 Å². The molecule has 6 heteroatoms. The Balaban J connectivity index is 1.51. The number of rotatable bonds is 4. The second kappa shape index (κ2) is 7.31. The maximum Gasteiger partial charge on any atom is 0.204 e. The number of hydrogen-bond acceptors (Lipinski definition) is 6. The van der Waals surface area contributed by atoms with E-state index < -0.39 is 0 Å². The van der Waals surface area contributed by atoms with E-state index in [2.05, 4.69) is 4.98 Å². The molecule has 2 heterocycles. The highest BCUT2D eigenvalue weighted by atomic mass is 32.1. The van der Waals surface area contributed by atoms with E-state index in [1.807, 2.05) is 54.6 Å². The third-order valence-corrected chi connectivity index (χ3v) is 5.90. The van der Waals surface area contributed by atoms with Crippen molar-refractivity contribution in [2.24, 2.45) is 0 Å². The van der Waals surface area contributed by atoms with Crippen molar-refractivity contribution in [1.82, 2.24) is 4.98 Å². The van der Waals surface area contributed by atoms with Crippen LogP contribution in [0.2, 0.25) is 0 Å². The molecule has 3 aromatic carbocycles. The number of fused-ring (bicyclic) bond motifs is 2. The fourth-order valence-corrected chi connectivity index (χ4v) is 4.42. The SMILES string of the molecule is Cc1oc2cc(OCc3nc4ccccc4s3)cc(O)c2c(=O)c1-c1ccccc1. The van der Waals surface area contributed by atoms with Gasteiger partial charge in [0.15, 0.2) is 0 Å². The van der Waals surface area contributed by atoms with Crippen LogP contribution in [0.1, 0.15) is 10.8 Å². The molecule has 0 bridgehead atoms. The van der Waals surface area contributed by atoms with Crippen molar-refractivity contribution in [3.05, 3.63) is 87.7 Å². The molecule has 0 aliphatic heterocycles. The number of nitrogens with zero attached hydrogens (tertiary/aromatic N) is 1. The topological polar surface area (TPSA) is 72.6 Å². The maximum absolute atomic E-state index is 13.1. The van der Waals surface area contributed by atoms with Gasteiger partial charge in [0.1, 0.15) is 39.8 Å². The maximum atomic E-state index is 13.1. The van der Waals surface area contributed by atoms with E-state index in [9.17, 15) is 9.90 Å². The van der Waals surface area contributed by atoms with E-state index in [1.54, 1.807) is 24.3 Å². The minimum absolute atomic E-state index is 0.145. The summed E-state index contributed by atoms with van der Waals surface area (Å²) in [7, 11) is 0. The third-order valence-electron chi connectivity index (χ3n) is 4.89. The Hall–Kier alpha value is -3.64. The molecule has 5 aromatic rings. The zero-order valence-corrected chi connectivity index (χ0v) is 16.9. The Morgan fingerprint density at radius 2 is 1.83 bits per heavy atom. The zero-order valence-electron chi connectivity index (χ0n) is 16.1. The first-order valence-electron chi connectivity index (χ1n) is 9.43. The zero-order chi connectivity index (χ0) is 20.7. The van der Waals surface area contributed by atoms with Crippen molar-refractivity contribution in [3.8, 4) is 22.6 Å². The molecule has 0 saturated heterocycles. The molecular weight excluding hydrogens is 398 g/mol. The number of para-hydroxylation sites is 1. The van der Waals surface area contributed by atoms with Gasteiger partial charge in [-0.1, -0.05) is 42.5 Å². The van der Waals surface area contributed by atoms with Gasteiger partial charge in [-0.2, -0.15) is 0 Å². The van der Waals surface area contributed by atoms with Gasteiger partial charge in [0.2, 0.25) is 5.43 Å². The van der Waals surface area contributed by atoms with Crippen LogP contribution in [0.5, 0.6) is 11.5 Å². The largest absolute Gasteiger partial charge is 0.507 e. The monoisotopic (exact) mass is 415 g/mol. The number of ether oxygens (including phenoxy) is 1. The second-order valence-corrected chi connectivity index (χ2v) is 8.02. The molecule has 0 saturated carbocycles. The van der Waals surface area contributed by atoms with Crippen LogP contribution >= 0.6 is 11.3 Å². The lowest BCUT2D eigenvalue weighted by molar-refractivity contribution is 0.304. The highest BCUT2D eigenvalue weighted by molar-refractivity contribution is 7.18. The van der Waals surface area contributed by atoms with E-state index in [0.29, 0.717) is 17.1 Å². The highest BCUT2D eigenvalue weighted by Gasteiger charge is 2.17. The summed E-state index contributed by atoms with van der Waals surface area (Å²) in [6.07, 6.45) is 0. The van der Waals surface area contributed by atoms with Gasteiger partial charge in [0.25, 0.3) is 0 Å². The lowest BCUT2D eigenvalue weighted by atomic mass is 10.0. The molecule has 148 valence electrons. The first-order valence-corrected chi connectivity index (χ1v) is 10.2. The molecule has 0 aliphatic carbocycles. The Kier molecular flexibility index (Phi) is 4.48. The van der Waals surface area contributed by atoms with Crippen LogP contribution in [0.4, 0.5) is 0 Å². The molecule has 5 nitrogen and oxygen atoms in total. The van der Waals surface area contributed by atoms with Crippen LogP contribution in [0.25, 0.3) is 32.3 Å². The van der Waals surface area contributed by atoms with E-state index in [4.69, 9.17) is 9.15 Å². The lowest BCUT2D eigenvalue weighted by Crippen LogP contribution is -2.08. The number of phenols is 1. The summed E-state index contributed by atoms with van der Waals surface area (Å²) >= 11 is 1.56. The van der Waals surface area contributed by atoms with Crippen LogP contribution in [-0.4, -0.2) is 10.1 Å². The number of aromatic nitrogens is 1. The number of thiazole rings is 1. The summed E-state index contributed by atoms with van der Waals surface area (Å²) in [5, 5.41) is 11.5. The molecule has 30 heavy (non-hydrogen) atoms. The number of aryl methyl sites for hydroxylation is 1. The van der Waals surface area contributed by atoms with Crippen LogP contribution in [0.3, 0.4) is 0 Å². The molecule has 5 rings (SSSR count). The Morgan fingerprint density at radius 1 is 1.07 bits per heavy atom. The summed E-state index contributed by atoms with van der Waals surface area (Å²) in [6, 6.07) is 20.3. The summed E-state index contributed by atoms with van der Waals surface area (Å²) in [5.74, 6) is 0.730. The van der Waals surface area contributed by atoms with Crippen molar-refractivity contribution < 1.29 is 14.3 Å². The molecule has 0 aliphatic rings. The molecule has 1 N–H and O–H groups in total. The molecular formula is C24H17NO4S. The van der Waals surface area contributed by atoms with Gasteiger partial charge >= 0.3 is 0 Å². The van der Waals surface area contributed by atoms with Crippen LogP contribution < -0.4 is 10.2 Å². The molecule has 0 amide bonds. The van der Waals surface area contributed by atoms with E-state index in [-0.39, 0.29) is 28.8 Å². The Labute approximate surface area is 175 Å². The van der Waals surface area contributed by atoms with Gasteiger partial charge in [-0.15, -0.1) is 11.3 Å². The molecule has 2 aromatic heterocycles. The minimum atomic E-state index is -0.268. The number of phenolic OH excluding ortho intramolecular Hbond substituents is 1. The standard InChI is InChI=1S/C24H17NO4S/c1-14-22(15-7-3-2-4-8-15)24(27)23-18(26)11-16(12-19(23)29-14)28-13-21-25-17-9-5-6-10-20(17)30-21/h2-12,26H,13H2,1H3. The molecule has 0 atom stereocenters. The minimum Gasteiger partial charge on any atom is -0.507 e. The van der Waals surface area contributed by atoms with Gasteiger partial charge in [-0.25, -0.2) is 4.98 Å². The van der Waals surface area contributed by atoms with Crippen molar-refractivity contribution in [2.75, 3.05) is 0 Å². The second-order valence-electron chi connectivity index (χ2n) is 6.91. The van der Waals surface area contributed by atoms with E-state index in [1.165, 1.54) is 6.07 Å². The van der Waals surface area contributed by atoms with Gasteiger partial charge in [0, 0.05) is 12.1 Å². The predicted octanol–water partition coefficient (Wildman–Crippen LogP) is 5.66. The fraction of sp³-hybridized carbons (Fsp3) is 0.0833. The fourth-order valence-electron chi connectivity index (χ4n) is 3.53. The van der Waals surface area contributed by atoms with Crippen molar-refractivity contribution in [1.29, 1.82) is 0 Å². The van der Waals surface area contributed by atoms with Crippen molar-refractivity contribution in [3.63, 3.8) is 0 Å². The quantitative estimate of drug-likeness (QED) is 0.410. The summed E-state index contributed by atoms with van der Waals surface area (Å²) in [6.45, 7) is 2.00. The smallest absolute Gasteiger partial charge is 0.204 e. The average molecular weight is 415 g/mol. The summed E-state index contributed by atoms with van der Waals surface area (Å²) in [4.78, 5) is 17.6. The highest BCUT2D eigenvalue weighted by Crippen LogP contribution is 2.33. The van der Waals surface area contributed by atoms with Crippen molar-refractivity contribution in [2.45, 2.75) is 13.5 Å².